The van der Waals surface area contributed by atoms with E-state index >= 15 is 0 Å². The Labute approximate surface area is 96.7 Å². The summed E-state index contributed by atoms with van der Waals surface area (Å²) in [6.07, 6.45) is 1.07. The van der Waals surface area contributed by atoms with Crippen LogP contribution in [0.3, 0.4) is 0 Å². The first kappa shape index (κ1) is 13.4. The molecule has 1 aliphatic rings. The van der Waals surface area contributed by atoms with Gasteiger partial charge in [0.25, 0.3) is 0 Å². The summed E-state index contributed by atoms with van der Waals surface area (Å²) in [6.45, 7) is 6.51. The molecule has 1 atom stereocenters. The number of nitrogens with zero attached hydrogens (tertiary/aromatic N) is 1. The zero-order chi connectivity index (χ0) is 12.6. The summed E-state index contributed by atoms with van der Waals surface area (Å²) in [6, 6.07) is -0.0673. The average Bonchev–Trinajstić information content (AvgIpc) is 2.06. The van der Waals surface area contributed by atoms with E-state index in [0.29, 0.717) is 13.2 Å². The molecule has 0 aromatic heterocycles. The van der Waals surface area contributed by atoms with Crippen LogP contribution in [0.15, 0.2) is 0 Å². The van der Waals surface area contributed by atoms with E-state index in [-0.39, 0.29) is 11.9 Å². The second-order valence-corrected chi connectivity index (χ2v) is 7.15. The molecule has 0 aliphatic carbocycles. The number of sulfone groups is 1. The van der Waals surface area contributed by atoms with Gasteiger partial charge in [-0.25, -0.2) is 8.42 Å². The van der Waals surface area contributed by atoms with Crippen molar-refractivity contribution in [1.82, 2.24) is 4.90 Å². The Morgan fingerprint density at radius 1 is 1.50 bits per heavy atom. The molecule has 6 heteroatoms. The van der Waals surface area contributed by atoms with Gasteiger partial charge >= 0.3 is 0 Å². The molecular formula is C10H19NO4S. The number of carbonyl (C=O) groups is 1. The van der Waals surface area contributed by atoms with Crippen molar-refractivity contribution in [3.8, 4) is 0 Å². The second kappa shape index (κ2) is 4.33. The molecule has 16 heavy (non-hydrogen) atoms. The van der Waals surface area contributed by atoms with Gasteiger partial charge in [-0.2, -0.15) is 0 Å². The van der Waals surface area contributed by atoms with E-state index in [2.05, 4.69) is 0 Å². The van der Waals surface area contributed by atoms with E-state index in [4.69, 9.17) is 4.74 Å². The molecule has 0 unspecified atom stereocenters. The van der Waals surface area contributed by atoms with Crippen LogP contribution < -0.4 is 0 Å². The van der Waals surface area contributed by atoms with Gasteiger partial charge in [0.2, 0.25) is 5.91 Å². The lowest BCUT2D eigenvalue weighted by Crippen LogP contribution is -2.56. The van der Waals surface area contributed by atoms with Gasteiger partial charge in [-0.1, -0.05) is 0 Å². The molecule has 5 nitrogen and oxygen atoms in total. The number of amides is 1. The van der Waals surface area contributed by atoms with Gasteiger partial charge in [-0.3, -0.25) is 4.79 Å². The van der Waals surface area contributed by atoms with Crippen molar-refractivity contribution >= 4 is 15.7 Å². The lowest BCUT2D eigenvalue weighted by Gasteiger charge is -2.42. The van der Waals surface area contributed by atoms with Gasteiger partial charge in [0.05, 0.1) is 18.2 Å². The predicted molar refractivity (Wildman–Crippen MR) is 60.9 cm³/mol. The van der Waals surface area contributed by atoms with Crippen LogP contribution in [-0.2, 0) is 19.4 Å². The molecule has 0 N–H and O–H groups in total. The fraction of sp³-hybridized carbons (Fsp3) is 0.900. The maximum atomic E-state index is 11.8. The highest BCUT2D eigenvalue weighted by atomic mass is 32.2. The molecule has 1 saturated heterocycles. The molecule has 1 heterocycles. The molecule has 0 bridgehead atoms. The van der Waals surface area contributed by atoms with E-state index in [1.54, 1.807) is 4.90 Å². The number of hydrogen-bond donors (Lipinski definition) is 0. The third kappa shape index (κ3) is 3.75. The molecule has 94 valence electrons. The van der Waals surface area contributed by atoms with Crippen molar-refractivity contribution in [2.24, 2.45) is 0 Å². The van der Waals surface area contributed by atoms with Crippen LogP contribution in [-0.4, -0.2) is 56.0 Å². The fourth-order valence-corrected chi connectivity index (χ4v) is 2.30. The van der Waals surface area contributed by atoms with Crippen molar-refractivity contribution < 1.29 is 17.9 Å². The lowest BCUT2D eigenvalue weighted by molar-refractivity contribution is -0.151. The first-order valence-corrected chi connectivity index (χ1v) is 7.28. The molecule has 0 radical (unpaired) electrons. The van der Waals surface area contributed by atoms with Gasteiger partial charge in [-0.15, -0.1) is 0 Å². The normalized spacial score (nSPS) is 25.5. The van der Waals surface area contributed by atoms with Crippen LogP contribution in [0.1, 0.15) is 20.8 Å². The SMILES string of the molecule is C[C@H]1COC(C)(C)CN1C(=O)CS(C)(=O)=O. The van der Waals surface area contributed by atoms with Crippen LogP contribution in [0.2, 0.25) is 0 Å². The summed E-state index contributed by atoms with van der Waals surface area (Å²) in [7, 11) is -3.27. The van der Waals surface area contributed by atoms with Crippen LogP contribution in [0.5, 0.6) is 0 Å². The van der Waals surface area contributed by atoms with Gasteiger partial charge < -0.3 is 9.64 Å². The van der Waals surface area contributed by atoms with E-state index in [1.165, 1.54) is 0 Å². The minimum absolute atomic E-state index is 0.0673. The third-order valence-corrected chi connectivity index (χ3v) is 3.28. The van der Waals surface area contributed by atoms with Crippen molar-refractivity contribution in [2.75, 3.05) is 25.2 Å². The molecule has 0 aromatic rings. The minimum Gasteiger partial charge on any atom is -0.372 e. The van der Waals surface area contributed by atoms with Crippen LogP contribution >= 0.6 is 0 Å². The maximum absolute atomic E-state index is 11.8. The highest BCUT2D eigenvalue weighted by Crippen LogP contribution is 2.20. The highest BCUT2D eigenvalue weighted by Gasteiger charge is 2.35. The molecule has 0 saturated carbocycles. The molecule has 0 spiro atoms. The summed E-state index contributed by atoms with van der Waals surface area (Å²) in [5.74, 6) is -0.765. The van der Waals surface area contributed by atoms with Crippen molar-refractivity contribution in [3.63, 3.8) is 0 Å². The number of hydrogen-bond acceptors (Lipinski definition) is 4. The van der Waals surface area contributed by atoms with Crippen LogP contribution in [0, 0.1) is 0 Å². The summed E-state index contributed by atoms with van der Waals surface area (Å²) >= 11 is 0. The van der Waals surface area contributed by atoms with E-state index < -0.39 is 21.2 Å². The van der Waals surface area contributed by atoms with Crippen LogP contribution in [0.4, 0.5) is 0 Å². The Morgan fingerprint density at radius 2 is 2.06 bits per heavy atom. The Morgan fingerprint density at radius 3 is 2.56 bits per heavy atom. The van der Waals surface area contributed by atoms with Crippen molar-refractivity contribution in [3.05, 3.63) is 0 Å². The molecule has 0 aromatic carbocycles. The Hall–Kier alpha value is -0.620. The van der Waals surface area contributed by atoms with Crippen molar-refractivity contribution in [2.45, 2.75) is 32.4 Å². The number of ether oxygens (including phenoxy) is 1. The van der Waals surface area contributed by atoms with Crippen molar-refractivity contribution in [1.29, 1.82) is 0 Å². The van der Waals surface area contributed by atoms with Gasteiger partial charge in [0.15, 0.2) is 9.84 Å². The van der Waals surface area contributed by atoms with E-state index in [9.17, 15) is 13.2 Å². The highest BCUT2D eigenvalue weighted by molar-refractivity contribution is 7.91. The molecule has 1 fully saturated rings. The second-order valence-electron chi connectivity index (χ2n) is 5.01. The fourth-order valence-electron chi connectivity index (χ4n) is 1.69. The van der Waals surface area contributed by atoms with Gasteiger partial charge in [0.1, 0.15) is 5.75 Å². The zero-order valence-electron chi connectivity index (χ0n) is 10.2. The smallest absolute Gasteiger partial charge is 0.238 e. The number of morpholine rings is 1. The molecule has 1 aliphatic heterocycles. The van der Waals surface area contributed by atoms with Gasteiger partial charge in [0, 0.05) is 12.8 Å². The van der Waals surface area contributed by atoms with Gasteiger partial charge in [-0.05, 0) is 20.8 Å². The monoisotopic (exact) mass is 249 g/mol. The first-order valence-electron chi connectivity index (χ1n) is 5.22. The van der Waals surface area contributed by atoms with Crippen LogP contribution in [0.25, 0.3) is 0 Å². The Bertz CT molecular complexity index is 374. The number of carbonyl (C=O) groups excluding carboxylic acids is 1. The predicted octanol–water partition coefficient (Wildman–Crippen LogP) is 0.0569. The first-order chi connectivity index (χ1) is 7.11. The summed E-state index contributed by atoms with van der Waals surface area (Å²) in [5.41, 5.74) is -0.403. The molecular weight excluding hydrogens is 230 g/mol. The number of rotatable bonds is 2. The third-order valence-electron chi connectivity index (χ3n) is 2.50. The largest absolute Gasteiger partial charge is 0.372 e. The minimum atomic E-state index is -3.27. The average molecular weight is 249 g/mol. The topological polar surface area (TPSA) is 63.7 Å². The molecule has 1 rings (SSSR count). The summed E-state index contributed by atoms with van der Waals surface area (Å²) < 4.78 is 27.7. The summed E-state index contributed by atoms with van der Waals surface area (Å²) in [4.78, 5) is 13.4. The molecule has 1 amide bonds. The van der Waals surface area contributed by atoms with E-state index in [1.807, 2.05) is 20.8 Å². The maximum Gasteiger partial charge on any atom is 0.238 e. The lowest BCUT2D eigenvalue weighted by atomic mass is 10.1. The zero-order valence-corrected chi connectivity index (χ0v) is 11.0. The van der Waals surface area contributed by atoms with E-state index in [0.717, 1.165) is 6.26 Å². The quantitative estimate of drug-likeness (QED) is 0.694. The Kier molecular flexibility index (Phi) is 3.64. The standard InChI is InChI=1S/C10H19NO4S/c1-8-5-15-10(2,3)7-11(8)9(12)6-16(4,13)14/h8H,5-7H2,1-4H3/t8-/m0/s1. The summed E-state index contributed by atoms with van der Waals surface area (Å²) in [5, 5.41) is 0. The Balaban J connectivity index is 2.74.